The maximum absolute atomic E-state index is 12.7. The highest BCUT2D eigenvalue weighted by molar-refractivity contribution is 5.90. The summed E-state index contributed by atoms with van der Waals surface area (Å²) >= 11 is 0. The van der Waals surface area contributed by atoms with Gasteiger partial charge in [0.2, 0.25) is 0 Å². The maximum Gasteiger partial charge on any atom is 0.322 e. The zero-order valence-electron chi connectivity index (χ0n) is 14.5. The van der Waals surface area contributed by atoms with Crippen molar-refractivity contribution in [1.82, 2.24) is 20.0 Å². The number of hydrogen-bond donors (Lipinski definition) is 2. The lowest BCUT2D eigenvalue weighted by atomic mass is 10.1. The average Bonchev–Trinajstić information content (AvgIpc) is 3.12. The molecule has 0 spiro atoms. The van der Waals surface area contributed by atoms with Gasteiger partial charge in [0.05, 0.1) is 12.7 Å². The van der Waals surface area contributed by atoms with Gasteiger partial charge in [0.1, 0.15) is 0 Å². The molecule has 2 aliphatic heterocycles. The Morgan fingerprint density at radius 3 is 2.88 bits per heavy atom. The molecule has 4 rings (SSSR count). The van der Waals surface area contributed by atoms with Crippen LogP contribution in [0.15, 0.2) is 30.5 Å². The number of amides is 2. The van der Waals surface area contributed by atoms with Gasteiger partial charge in [-0.2, -0.15) is 5.10 Å². The first-order valence-electron chi connectivity index (χ1n) is 9.17. The first kappa shape index (κ1) is 16.1. The fourth-order valence-corrected chi connectivity index (χ4v) is 3.73. The lowest BCUT2D eigenvalue weighted by Gasteiger charge is -2.29. The van der Waals surface area contributed by atoms with Crippen LogP contribution in [0, 0.1) is 0 Å². The van der Waals surface area contributed by atoms with E-state index in [1.54, 1.807) is 0 Å². The monoisotopic (exact) mass is 339 g/mol. The molecule has 25 heavy (non-hydrogen) atoms. The van der Waals surface area contributed by atoms with Gasteiger partial charge in [-0.15, -0.1) is 0 Å². The third-order valence-corrected chi connectivity index (χ3v) is 5.19. The van der Waals surface area contributed by atoms with Crippen LogP contribution >= 0.6 is 0 Å². The number of aromatic amines is 1. The zero-order valence-corrected chi connectivity index (χ0v) is 14.5. The summed E-state index contributed by atoms with van der Waals surface area (Å²) in [5.41, 5.74) is 4.38. The Balaban J connectivity index is 1.43. The molecule has 1 aromatic heterocycles. The van der Waals surface area contributed by atoms with Crippen molar-refractivity contribution in [1.29, 1.82) is 0 Å². The van der Waals surface area contributed by atoms with Crippen molar-refractivity contribution < 1.29 is 4.79 Å². The first-order chi connectivity index (χ1) is 12.3. The van der Waals surface area contributed by atoms with Crippen LogP contribution in [-0.4, -0.2) is 45.7 Å². The number of piperidine rings is 1. The Hall–Kier alpha value is -2.34. The van der Waals surface area contributed by atoms with Crippen LogP contribution < -0.4 is 5.32 Å². The fourth-order valence-electron chi connectivity index (χ4n) is 3.73. The summed E-state index contributed by atoms with van der Waals surface area (Å²) in [6.07, 6.45) is 6.53. The molecule has 1 aromatic carbocycles. The fraction of sp³-hybridized carbons (Fsp3) is 0.474. The van der Waals surface area contributed by atoms with Crippen molar-refractivity contribution in [2.75, 3.05) is 25.0 Å². The second kappa shape index (κ2) is 7.27. The quantitative estimate of drug-likeness (QED) is 0.903. The number of H-pyrrole nitrogens is 1. The number of para-hydroxylation sites is 1. The van der Waals surface area contributed by atoms with Gasteiger partial charge in [-0.3, -0.25) is 10.00 Å². The number of anilines is 1. The molecule has 1 saturated heterocycles. The third kappa shape index (κ3) is 3.69. The summed E-state index contributed by atoms with van der Waals surface area (Å²) in [5.74, 6) is 0. The smallest absolute Gasteiger partial charge is 0.320 e. The normalized spacial score (nSPS) is 18.0. The molecule has 6 heteroatoms. The summed E-state index contributed by atoms with van der Waals surface area (Å²) in [6, 6.07) is 8.13. The molecule has 2 amide bonds. The minimum Gasteiger partial charge on any atom is -0.320 e. The number of nitrogens with zero attached hydrogens (tertiary/aromatic N) is 3. The number of carbonyl (C=O) groups is 1. The summed E-state index contributed by atoms with van der Waals surface area (Å²) in [5, 5.41) is 10.2. The number of hydrogen-bond acceptors (Lipinski definition) is 3. The van der Waals surface area contributed by atoms with Crippen molar-refractivity contribution >= 4 is 11.7 Å². The van der Waals surface area contributed by atoms with Crippen LogP contribution in [0.1, 0.15) is 36.1 Å². The molecule has 0 radical (unpaired) electrons. The van der Waals surface area contributed by atoms with Gasteiger partial charge in [0, 0.05) is 36.5 Å². The molecule has 6 nitrogen and oxygen atoms in total. The van der Waals surface area contributed by atoms with E-state index in [0.717, 1.165) is 49.5 Å². The lowest BCUT2D eigenvalue weighted by Crippen LogP contribution is -2.39. The molecule has 1 fully saturated rings. The second-order valence-corrected chi connectivity index (χ2v) is 6.97. The minimum absolute atomic E-state index is 0.0297. The Morgan fingerprint density at radius 1 is 1.16 bits per heavy atom. The summed E-state index contributed by atoms with van der Waals surface area (Å²) in [4.78, 5) is 17.1. The molecule has 0 atom stereocenters. The SMILES string of the molecule is O=C(Nc1ccccc1CN1CCCCC1)N1CCc2[nH]ncc2C1. The van der Waals surface area contributed by atoms with Crippen LogP contribution in [0.2, 0.25) is 0 Å². The van der Waals surface area contributed by atoms with E-state index in [0.29, 0.717) is 6.54 Å². The number of fused-ring (bicyclic) bond motifs is 1. The Kier molecular flexibility index (Phi) is 4.70. The predicted molar refractivity (Wildman–Crippen MR) is 97.3 cm³/mol. The predicted octanol–water partition coefficient (Wildman–Crippen LogP) is 2.99. The number of urea groups is 1. The number of nitrogens with one attached hydrogen (secondary N) is 2. The first-order valence-corrected chi connectivity index (χ1v) is 9.17. The number of rotatable bonds is 3. The van der Waals surface area contributed by atoms with E-state index < -0.39 is 0 Å². The van der Waals surface area contributed by atoms with Crippen molar-refractivity contribution in [3.8, 4) is 0 Å². The average molecular weight is 339 g/mol. The van der Waals surface area contributed by atoms with Gasteiger partial charge in [0.15, 0.2) is 0 Å². The molecule has 3 heterocycles. The molecule has 2 aromatic rings. The van der Waals surface area contributed by atoms with E-state index in [2.05, 4.69) is 26.5 Å². The van der Waals surface area contributed by atoms with Crippen LogP contribution in [0.5, 0.6) is 0 Å². The molecule has 0 aliphatic carbocycles. The highest BCUT2D eigenvalue weighted by atomic mass is 16.2. The molecule has 0 bridgehead atoms. The highest BCUT2D eigenvalue weighted by Gasteiger charge is 2.22. The van der Waals surface area contributed by atoms with Gasteiger partial charge in [-0.25, -0.2) is 4.79 Å². The topological polar surface area (TPSA) is 64.3 Å². The third-order valence-electron chi connectivity index (χ3n) is 5.19. The highest BCUT2D eigenvalue weighted by Crippen LogP contribution is 2.22. The van der Waals surface area contributed by atoms with Gasteiger partial charge in [-0.1, -0.05) is 24.6 Å². The lowest BCUT2D eigenvalue weighted by molar-refractivity contribution is 0.206. The summed E-state index contributed by atoms with van der Waals surface area (Å²) < 4.78 is 0. The van der Waals surface area contributed by atoms with E-state index in [1.165, 1.54) is 24.8 Å². The van der Waals surface area contributed by atoms with E-state index in [1.807, 2.05) is 29.3 Å². The zero-order chi connectivity index (χ0) is 17.1. The molecule has 2 aliphatic rings. The number of aromatic nitrogens is 2. The minimum atomic E-state index is -0.0297. The summed E-state index contributed by atoms with van der Waals surface area (Å²) in [7, 11) is 0. The number of benzene rings is 1. The van der Waals surface area contributed by atoms with E-state index >= 15 is 0 Å². The van der Waals surface area contributed by atoms with Crippen LogP contribution in [0.3, 0.4) is 0 Å². The Bertz CT molecular complexity index is 735. The van der Waals surface area contributed by atoms with Crippen molar-refractivity contribution in [2.24, 2.45) is 0 Å². The van der Waals surface area contributed by atoms with Gasteiger partial charge in [0.25, 0.3) is 0 Å². The van der Waals surface area contributed by atoms with Crippen LogP contribution in [0.25, 0.3) is 0 Å². The van der Waals surface area contributed by atoms with Crippen LogP contribution in [0.4, 0.5) is 10.5 Å². The molecular weight excluding hydrogens is 314 g/mol. The van der Waals surface area contributed by atoms with Crippen molar-refractivity contribution in [2.45, 2.75) is 38.8 Å². The number of carbonyl (C=O) groups excluding carboxylic acids is 1. The van der Waals surface area contributed by atoms with Crippen LogP contribution in [-0.2, 0) is 19.5 Å². The number of likely N-dealkylation sites (tertiary alicyclic amines) is 1. The van der Waals surface area contributed by atoms with Gasteiger partial charge >= 0.3 is 6.03 Å². The molecule has 0 saturated carbocycles. The Labute approximate surface area is 148 Å². The summed E-state index contributed by atoms with van der Waals surface area (Å²) in [6.45, 7) is 4.54. The molecular formula is C19H25N5O. The van der Waals surface area contributed by atoms with Crippen molar-refractivity contribution in [3.05, 3.63) is 47.3 Å². The van der Waals surface area contributed by atoms with E-state index in [-0.39, 0.29) is 6.03 Å². The van der Waals surface area contributed by atoms with E-state index in [9.17, 15) is 4.79 Å². The van der Waals surface area contributed by atoms with Gasteiger partial charge in [-0.05, 0) is 37.6 Å². The molecule has 0 unspecified atom stereocenters. The maximum atomic E-state index is 12.7. The second-order valence-electron chi connectivity index (χ2n) is 6.97. The van der Waals surface area contributed by atoms with Crippen molar-refractivity contribution in [3.63, 3.8) is 0 Å². The molecule has 132 valence electrons. The van der Waals surface area contributed by atoms with E-state index in [4.69, 9.17) is 0 Å². The molecule has 2 N–H and O–H groups in total. The Morgan fingerprint density at radius 2 is 2.00 bits per heavy atom. The van der Waals surface area contributed by atoms with Gasteiger partial charge < -0.3 is 10.2 Å². The largest absolute Gasteiger partial charge is 0.322 e. The standard InChI is InChI=1S/C19H25N5O/c25-19(24-11-8-18-16(14-24)12-20-22-18)21-17-7-3-2-6-15(17)13-23-9-4-1-5-10-23/h2-3,6-7,12H,1,4-5,8-11,13-14H2,(H,20,22)(H,21,25).